The minimum Gasteiger partial charge on any atom is -0.368 e. The molecule has 180 valence electrons. The lowest BCUT2D eigenvalue weighted by atomic mass is 10.3. The van der Waals surface area contributed by atoms with E-state index in [-0.39, 0.29) is 5.95 Å². The van der Waals surface area contributed by atoms with Crippen LogP contribution < -0.4 is 16.4 Å². The molecule has 1 aromatic heterocycles. The van der Waals surface area contributed by atoms with E-state index >= 15 is 0 Å². The summed E-state index contributed by atoms with van der Waals surface area (Å²) in [6.45, 7) is 0. The third-order valence-electron chi connectivity index (χ3n) is 4.97. The van der Waals surface area contributed by atoms with Gasteiger partial charge in [0.15, 0.2) is 0 Å². The van der Waals surface area contributed by atoms with Gasteiger partial charge in [0.25, 0.3) is 0 Å². The minimum absolute atomic E-state index is 0.0848. The SMILES string of the molecule is Nc1nc(Nc2ccc(N=Nc3ccccc3)cc2)nc(Nc2ccc(N=Nc3ccccc3)cc2)n1. The molecule has 0 fully saturated rings. The molecule has 0 atom stereocenters. The number of nitrogens with one attached hydrogen (secondary N) is 2. The molecular formula is C27H22N10. The van der Waals surface area contributed by atoms with Crippen molar-refractivity contribution in [3.8, 4) is 0 Å². The Kier molecular flexibility index (Phi) is 7.08. The molecule has 5 rings (SSSR count). The molecule has 1 heterocycles. The quantitative estimate of drug-likeness (QED) is 0.191. The number of nitrogens with zero attached hydrogens (tertiary/aromatic N) is 7. The highest BCUT2D eigenvalue weighted by atomic mass is 15.2. The predicted molar refractivity (Wildman–Crippen MR) is 145 cm³/mol. The van der Waals surface area contributed by atoms with E-state index in [9.17, 15) is 0 Å². The summed E-state index contributed by atoms with van der Waals surface area (Å²) in [4.78, 5) is 12.8. The molecule has 0 radical (unpaired) electrons. The van der Waals surface area contributed by atoms with E-state index in [1.807, 2.05) is 109 Å². The van der Waals surface area contributed by atoms with Crippen LogP contribution in [0.1, 0.15) is 0 Å². The van der Waals surface area contributed by atoms with Crippen molar-refractivity contribution in [1.82, 2.24) is 15.0 Å². The maximum absolute atomic E-state index is 5.91. The number of nitrogen functional groups attached to an aromatic ring is 1. The topological polar surface area (TPSA) is 138 Å². The monoisotopic (exact) mass is 486 g/mol. The van der Waals surface area contributed by atoms with Gasteiger partial charge < -0.3 is 16.4 Å². The van der Waals surface area contributed by atoms with Gasteiger partial charge in [-0.2, -0.15) is 35.4 Å². The number of hydrogen-bond acceptors (Lipinski definition) is 10. The van der Waals surface area contributed by atoms with Crippen LogP contribution in [-0.4, -0.2) is 15.0 Å². The van der Waals surface area contributed by atoms with Gasteiger partial charge >= 0.3 is 0 Å². The number of azo groups is 2. The van der Waals surface area contributed by atoms with Crippen molar-refractivity contribution < 1.29 is 0 Å². The summed E-state index contributed by atoms with van der Waals surface area (Å²) in [5.74, 6) is 0.699. The molecule has 0 unspecified atom stereocenters. The predicted octanol–water partition coefficient (Wildman–Crippen LogP) is 7.77. The third-order valence-corrected chi connectivity index (χ3v) is 4.97. The second-order valence-corrected chi connectivity index (χ2v) is 7.76. The van der Waals surface area contributed by atoms with Crippen LogP contribution in [0.15, 0.2) is 130 Å². The third kappa shape index (κ3) is 6.76. The van der Waals surface area contributed by atoms with Crippen molar-refractivity contribution in [3.05, 3.63) is 109 Å². The van der Waals surface area contributed by atoms with Crippen molar-refractivity contribution in [2.45, 2.75) is 0 Å². The Labute approximate surface area is 213 Å². The second-order valence-electron chi connectivity index (χ2n) is 7.76. The van der Waals surface area contributed by atoms with Gasteiger partial charge in [0.2, 0.25) is 17.8 Å². The highest BCUT2D eigenvalue weighted by Gasteiger charge is 2.06. The number of hydrogen-bond donors (Lipinski definition) is 3. The van der Waals surface area contributed by atoms with Crippen molar-refractivity contribution >= 4 is 52.0 Å². The molecular weight excluding hydrogens is 464 g/mol. The summed E-state index contributed by atoms with van der Waals surface area (Å²) in [5.41, 5.74) is 10.5. The van der Waals surface area contributed by atoms with Crippen LogP contribution >= 0.6 is 0 Å². The van der Waals surface area contributed by atoms with E-state index in [1.54, 1.807) is 0 Å². The lowest BCUT2D eigenvalue weighted by Crippen LogP contribution is -2.06. The van der Waals surface area contributed by atoms with E-state index in [2.05, 4.69) is 46.0 Å². The molecule has 0 saturated heterocycles. The zero-order valence-corrected chi connectivity index (χ0v) is 19.6. The van der Waals surface area contributed by atoms with Crippen molar-refractivity contribution in [2.75, 3.05) is 16.4 Å². The average molecular weight is 487 g/mol. The molecule has 37 heavy (non-hydrogen) atoms. The normalized spacial score (nSPS) is 11.1. The Balaban J connectivity index is 1.22. The van der Waals surface area contributed by atoms with Gasteiger partial charge in [-0.15, -0.1) is 0 Å². The molecule has 10 heteroatoms. The highest BCUT2D eigenvalue weighted by Crippen LogP contribution is 2.24. The summed E-state index contributed by atoms with van der Waals surface area (Å²) >= 11 is 0. The summed E-state index contributed by atoms with van der Waals surface area (Å²) in [6.07, 6.45) is 0. The van der Waals surface area contributed by atoms with Crippen molar-refractivity contribution in [2.24, 2.45) is 20.5 Å². The number of anilines is 5. The fourth-order valence-electron chi connectivity index (χ4n) is 3.21. The molecule has 0 spiro atoms. The maximum Gasteiger partial charge on any atom is 0.233 e. The van der Waals surface area contributed by atoms with Crippen molar-refractivity contribution in [1.29, 1.82) is 0 Å². The van der Waals surface area contributed by atoms with Crippen molar-refractivity contribution in [3.63, 3.8) is 0 Å². The summed E-state index contributed by atoms with van der Waals surface area (Å²) in [6, 6.07) is 33.9. The van der Waals surface area contributed by atoms with Gasteiger partial charge in [0.05, 0.1) is 22.7 Å². The molecule has 0 saturated carbocycles. The minimum atomic E-state index is 0.0848. The van der Waals surface area contributed by atoms with Gasteiger partial charge in [-0.1, -0.05) is 36.4 Å². The first-order valence-corrected chi connectivity index (χ1v) is 11.4. The van der Waals surface area contributed by atoms with Gasteiger partial charge in [0.1, 0.15) is 0 Å². The zero-order valence-electron chi connectivity index (χ0n) is 19.6. The first-order chi connectivity index (χ1) is 18.2. The van der Waals surface area contributed by atoms with E-state index in [0.717, 1.165) is 34.1 Å². The Bertz CT molecular complexity index is 1390. The molecule has 0 aliphatic carbocycles. The smallest absolute Gasteiger partial charge is 0.233 e. The van der Waals surface area contributed by atoms with Crippen LogP contribution in [0.4, 0.5) is 52.0 Å². The van der Waals surface area contributed by atoms with Crippen LogP contribution in [0.3, 0.4) is 0 Å². The Hall–Kier alpha value is -5.51. The first kappa shape index (κ1) is 23.2. The summed E-state index contributed by atoms with van der Waals surface area (Å²) in [7, 11) is 0. The Morgan fingerprint density at radius 2 is 0.784 bits per heavy atom. The van der Waals surface area contributed by atoms with Crippen LogP contribution in [0.25, 0.3) is 0 Å². The Morgan fingerprint density at radius 3 is 1.16 bits per heavy atom. The summed E-state index contributed by atoms with van der Waals surface area (Å²) < 4.78 is 0. The molecule has 0 aliphatic heterocycles. The molecule has 0 bridgehead atoms. The lowest BCUT2D eigenvalue weighted by molar-refractivity contribution is 1.07. The standard InChI is InChI=1S/C27H22N10/c28-25-31-26(29-19-11-15-23(16-12-19)36-34-21-7-3-1-4-8-21)33-27(32-25)30-20-13-17-24(18-14-20)37-35-22-9-5-2-6-10-22/h1-18H,(H4,28,29,30,31,32,33). The largest absolute Gasteiger partial charge is 0.368 e. The van der Waals surface area contributed by atoms with E-state index in [0.29, 0.717) is 11.9 Å². The molecule has 4 N–H and O–H groups in total. The fraction of sp³-hybridized carbons (Fsp3) is 0. The zero-order chi connectivity index (χ0) is 25.3. The Morgan fingerprint density at radius 1 is 0.432 bits per heavy atom. The number of aromatic nitrogens is 3. The van der Waals surface area contributed by atoms with E-state index in [1.165, 1.54) is 0 Å². The molecule has 0 amide bonds. The summed E-state index contributed by atoms with van der Waals surface area (Å²) in [5, 5.41) is 23.2. The van der Waals surface area contributed by atoms with Gasteiger partial charge in [-0.05, 0) is 72.8 Å². The number of benzene rings is 4. The number of nitrogens with two attached hydrogens (primary N) is 1. The van der Waals surface area contributed by atoms with Crippen LogP contribution in [0.2, 0.25) is 0 Å². The van der Waals surface area contributed by atoms with Gasteiger partial charge in [0, 0.05) is 11.4 Å². The number of rotatable bonds is 8. The fourth-order valence-corrected chi connectivity index (χ4v) is 3.21. The van der Waals surface area contributed by atoms with Crippen LogP contribution in [-0.2, 0) is 0 Å². The maximum atomic E-state index is 5.91. The molecule has 5 aromatic rings. The van der Waals surface area contributed by atoms with E-state index in [4.69, 9.17) is 5.73 Å². The first-order valence-electron chi connectivity index (χ1n) is 11.4. The molecule has 4 aromatic carbocycles. The average Bonchev–Trinajstić information content (AvgIpc) is 2.93. The van der Waals surface area contributed by atoms with Crippen LogP contribution in [0, 0.1) is 0 Å². The molecule has 0 aliphatic rings. The second kappa shape index (κ2) is 11.3. The highest BCUT2D eigenvalue weighted by molar-refractivity contribution is 5.61. The molecule has 10 nitrogen and oxygen atoms in total. The van der Waals surface area contributed by atoms with Gasteiger partial charge in [-0.3, -0.25) is 0 Å². The van der Waals surface area contributed by atoms with Crippen LogP contribution in [0.5, 0.6) is 0 Å². The van der Waals surface area contributed by atoms with E-state index < -0.39 is 0 Å². The lowest BCUT2D eigenvalue weighted by Gasteiger charge is -2.09. The van der Waals surface area contributed by atoms with Gasteiger partial charge in [-0.25, -0.2) is 0 Å².